The van der Waals surface area contributed by atoms with Gasteiger partial charge in [0, 0.05) is 17.8 Å². The minimum absolute atomic E-state index is 0.00264. The molecule has 1 fully saturated rings. The zero-order valence-corrected chi connectivity index (χ0v) is 19.1. The van der Waals surface area contributed by atoms with Gasteiger partial charge in [-0.3, -0.25) is 9.48 Å². The van der Waals surface area contributed by atoms with Crippen LogP contribution in [0.2, 0.25) is 0 Å². The van der Waals surface area contributed by atoms with Gasteiger partial charge >= 0.3 is 6.09 Å². The van der Waals surface area contributed by atoms with Crippen LogP contribution in [0.3, 0.4) is 0 Å². The molecule has 8 heteroatoms. The number of hydrogen-bond donors (Lipinski definition) is 2. The third kappa shape index (κ3) is 7.10. The van der Waals surface area contributed by atoms with E-state index in [0.29, 0.717) is 24.9 Å². The Morgan fingerprint density at radius 1 is 1.00 bits per heavy atom. The predicted molar refractivity (Wildman–Crippen MR) is 128 cm³/mol. The van der Waals surface area contributed by atoms with E-state index in [9.17, 15) is 9.59 Å². The molecular formula is C26H30N4O4. The summed E-state index contributed by atoms with van der Waals surface area (Å²) in [6.07, 6.45) is 5.85. The van der Waals surface area contributed by atoms with Gasteiger partial charge in [-0.2, -0.15) is 5.10 Å². The quantitative estimate of drug-likeness (QED) is 0.446. The number of nitrogens with zero attached hydrogens (tertiary/aromatic N) is 2. The first-order valence-electron chi connectivity index (χ1n) is 11.7. The maximum atomic E-state index is 12.2. The summed E-state index contributed by atoms with van der Waals surface area (Å²) >= 11 is 0. The van der Waals surface area contributed by atoms with Crippen LogP contribution in [0.5, 0.6) is 5.75 Å². The van der Waals surface area contributed by atoms with Gasteiger partial charge < -0.3 is 20.1 Å². The zero-order valence-electron chi connectivity index (χ0n) is 19.1. The predicted octanol–water partition coefficient (Wildman–Crippen LogP) is 3.91. The third-order valence-corrected chi connectivity index (χ3v) is 5.67. The summed E-state index contributed by atoms with van der Waals surface area (Å²) in [6, 6.07) is 19.3. The molecule has 1 aliphatic carbocycles. The summed E-state index contributed by atoms with van der Waals surface area (Å²) in [6.45, 7) is 1.11. The van der Waals surface area contributed by atoms with Gasteiger partial charge in [-0.25, -0.2) is 4.79 Å². The van der Waals surface area contributed by atoms with Crippen molar-refractivity contribution in [2.75, 3.05) is 13.2 Å². The number of hydrogen-bond acceptors (Lipinski definition) is 5. The van der Waals surface area contributed by atoms with Crippen LogP contribution in [-0.4, -0.2) is 41.0 Å². The van der Waals surface area contributed by atoms with Crippen molar-refractivity contribution in [1.82, 2.24) is 20.4 Å². The first-order chi connectivity index (χ1) is 16.7. The van der Waals surface area contributed by atoms with E-state index in [1.165, 1.54) is 12.8 Å². The second-order valence-electron chi connectivity index (χ2n) is 8.31. The molecular weight excluding hydrogens is 432 g/mol. The lowest BCUT2D eigenvalue weighted by atomic mass is 10.1. The Balaban J connectivity index is 1.16. The van der Waals surface area contributed by atoms with Gasteiger partial charge in [0.1, 0.15) is 25.5 Å². The minimum atomic E-state index is -0.477. The molecule has 8 nitrogen and oxygen atoms in total. The van der Waals surface area contributed by atoms with Gasteiger partial charge in [0.2, 0.25) is 5.91 Å². The highest BCUT2D eigenvalue weighted by Gasteiger charge is 2.17. The number of alkyl carbamates (subject to hydrolysis) is 1. The Kier molecular flexibility index (Phi) is 8.16. The standard InChI is InChI=1S/C26H30N4O4/c31-25(28-22-8-4-5-9-22)18-30-16-14-24(29-30)21-10-12-23(13-11-21)33-17-15-27-26(32)34-19-20-6-2-1-3-7-20/h1-3,6-7,10-14,16,22H,4-5,8-9,15,17-19H2,(H,27,32)(H,28,31). The van der Waals surface area contributed by atoms with Gasteiger partial charge in [0.25, 0.3) is 0 Å². The first-order valence-corrected chi connectivity index (χ1v) is 11.7. The number of carbonyl (C=O) groups excluding carboxylic acids is 2. The fourth-order valence-electron chi connectivity index (χ4n) is 3.91. The van der Waals surface area contributed by atoms with Crippen LogP contribution >= 0.6 is 0 Å². The van der Waals surface area contributed by atoms with Crippen molar-refractivity contribution in [3.63, 3.8) is 0 Å². The Bertz CT molecular complexity index is 1060. The first kappa shape index (κ1) is 23.4. The van der Waals surface area contributed by atoms with Gasteiger partial charge in [0.15, 0.2) is 0 Å². The average molecular weight is 463 g/mol. The molecule has 2 aromatic carbocycles. The molecule has 1 saturated carbocycles. The Labute approximate surface area is 199 Å². The van der Waals surface area contributed by atoms with E-state index in [4.69, 9.17) is 9.47 Å². The van der Waals surface area contributed by atoms with E-state index in [1.54, 1.807) is 4.68 Å². The molecule has 178 valence electrons. The van der Waals surface area contributed by atoms with Gasteiger partial charge in [-0.15, -0.1) is 0 Å². The number of ether oxygens (including phenoxy) is 2. The SMILES string of the molecule is O=C(Cn1ccc(-c2ccc(OCCNC(=O)OCc3ccccc3)cc2)n1)NC1CCCC1. The zero-order chi connectivity index (χ0) is 23.6. The van der Waals surface area contributed by atoms with E-state index in [-0.39, 0.29) is 19.1 Å². The van der Waals surface area contributed by atoms with Crippen LogP contribution in [0, 0.1) is 0 Å². The number of amides is 2. The van der Waals surface area contributed by atoms with Crippen molar-refractivity contribution < 1.29 is 19.1 Å². The number of nitrogens with one attached hydrogen (secondary N) is 2. The molecule has 3 aromatic rings. The Hall–Kier alpha value is -3.81. The van der Waals surface area contributed by atoms with Crippen molar-refractivity contribution in [2.24, 2.45) is 0 Å². The number of carbonyl (C=O) groups is 2. The Morgan fingerprint density at radius 3 is 2.53 bits per heavy atom. The van der Waals surface area contributed by atoms with E-state index in [1.807, 2.05) is 66.9 Å². The van der Waals surface area contributed by atoms with Crippen LogP contribution in [0.25, 0.3) is 11.3 Å². The van der Waals surface area contributed by atoms with E-state index in [0.717, 1.165) is 29.7 Å². The summed E-state index contributed by atoms with van der Waals surface area (Å²) in [4.78, 5) is 24.0. The molecule has 1 aromatic heterocycles. The second-order valence-corrected chi connectivity index (χ2v) is 8.31. The van der Waals surface area contributed by atoms with Crippen LogP contribution in [0.15, 0.2) is 66.9 Å². The van der Waals surface area contributed by atoms with Crippen molar-refractivity contribution in [2.45, 2.75) is 44.9 Å². The summed E-state index contributed by atoms with van der Waals surface area (Å²) in [5, 5.41) is 10.3. The fourth-order valence-corrected chi connectivity index (χ4v) is 3.91. The fraction of sp³-hybridized carbons (Fsp3) is 0.346. The van der Waals surface area contributed by atoms with Crippen LogP contribution in [0.4, 0.5) is 4.79 Å². The van der Waals surface area contributed by atoms with E-state index >= 15 is 0 Å². The topological polar surface area (TPSA) is 94.5 Å². The largest absolute Gasteiger partial charge is 0.492 e. The van der Waals surface area contributed by atoms with E-state index in [2.05, 4.69) is 15.7 Å². The highest BCUT2D eigenvalue weighted by molar-refractivity contribution is 5.76. The van der Waals surface area contributed by atoms with Gasteiger partial charge in [-0.1, -0.05) is 43.2 Å². The number of benzene rings is 2. The average Bonchev–Trinajstić information content (AvgIpc) is 3.54. The normalized spacial score (nSPS) is 13.4. The molecule has 0 bridgehead atoms. The molecule has 2 amide bonds. The molecule has 0 spiro atoms. The molecule has 0 saturated heterocycles. The maximum absolute atomic E-state index is 12.2. The lowest BCUT2D eigenvalue weighted by Crippen LogP contribution is -2.35. The molecule has 34 heavy (non-hydrogen) atoms. The van der Waals surface area contributed by atoms with E-state index < -0.39 is 6.09 Å². The molecule has 0 atom stereocenters. The van der Waals surface area contributed by atoms with Crippen LogP contribution < -0.4 is 15.4 Å². The summed E-state index contributed by atoms with van der Waals surface area (Å²) in [5.74, 6) is 0.696. The molecule has 4 rings (SSSR count). The van der Waals surface area contributed by atoms with Crippen molar-refractivity contribution in [1.29, 1.82) is 0 Å². The highest BCUT2D eigenvalue weighted by Crippen LogP contribution is 2.21. The summed E-state index contributed by atoms with van der Waals surface area (Å²) in [7, 11) is 0. The smallest absolute Gasteiger partial charge is 0.407 e. The second kappa shape index (κ2) is 11.9. The summed E-state index contributed by atoms with van der Waals surface area (Å²) < 4.78 is 12.5. The van der Waals surface area contributed by atoms with Crippen LogP contribution in [0.1, 0.15) is 31.2 Å². The molecule has 2 N–H and O–H groups in total. The lowest BCUT2D eigenvalue weighted by molar-refractivity contribution is -0.122. The Morgan fingerprint density at radius 2 is 1.76 bits per heavy atom. The number of aromatic nitrogens is 2. The summed E-state index contributed by atoms with van der Waals surface area (Å²) in [5.41, 5.74) is 2.67. The molecule has 0 aliphatic heterocycles. The van der Waals surface area contributed by atoms with Crippen molar-refractivity contribution in [3.8, 4) is 17.0 Å². The monoisotopic (exact) mass is 462 g/mol. The number of rotatable bonds is 10. The van der Waals surface area contributed by atoms with Crippen molar-refractivity contribution >= 4 is 12.0 Å². The molecule has 0 radical (unpaired) electrons. The molecule has 0 unspecified atom stereocenters. The lowest BCUT2D eigenvalue weighted by Gasteiger charge is -2.11. The minimum Gasteiger partial charge on any atom is -0.492 e. The van der Waals surface area contributed by atoms with Crippen LogP contribution in [-0.2, 0) is 22.7 Å². The molecule has 1 heterocycles. The third-order valence-electron chi connectivity index (χ3n) is 5.67. The maximum Gasteiger partial charge on any atom is 0.407 e. The molecule has 1 aliphatic rings. The van der Waals surface area contributed by atoms with Gasteiger partial charge in [-0.05, 0) is 48.7 Å². The van der Waals surface area contributed by atoms with Crippen molar-refractivity contribution in [3.05, 3.63) is 72.4 Å². The highest BCUT2D eigenvalue weighted by atomic mass is 16.5. The van der Waals surface area contributed by atoms with Gasteiger partial charge in [0.05, 0.1) is 12.2 Å².